The number of amides is 1. The highest BCUT2D eigenvalue weighted by Gasteiger charge is 2.31. The molecule has 1 aromatic carbocycles. The fourth-order valence-electron chi connectivity index (χ4n) is 2.44. The Balaban J connectivity index is 1.96. The van der Waals surface area contributed by atoms with E-state index in [0.29, 0.717) is 11.0 Å². The molecular weight excluding hydrogens is 214 g/mol. The van der Waals surface area contributed by atoms with Crippen molar-refractivity contribution in [3.63, 3.8) is 0 Å². The van der Waals surface area contributed by atoms with E-state index in [1.54, 1.807) is 12.1 Å². The summed E-state index contributed by atoms with van der Waals surface area (Å²) in [4.78, 5) is 11.9. The van der Waals surface area contributed by atoms with Crippen LogP contribution >= 0.6 is 0 Å². The summed E-state index contributed by atoms with van der Waals surface area (Å²) in [5.41, 5.74) is 0.944. The van der Waals surface area contributed by atoms with E-state index >= 15 is 0 Å². The highest BCUT2D eigenvalue weighted by atomic mass is 16.3. The summed E-state index contributed by atoms with van der Waals surface area (Å²) in [6.45, 7) is 4.47. The molecule has 0 aromatic heterocycles. The maximum absolute atomic E-state index is 11.9. The third-order valence-corrected chi connectivity index (χ3v) is 3.43. The molecule has 0 bridgehead atoms. The lowest BCUT2D eigenvalue weighted by atomic mass is 9.92. The number of carbonyl (C=O) groups excluding carboxylic acids is 1. The molecule has 1 aliphatic carbocycles. The number of phenols is 1. The van der Waals surface area contributed by atoms with Crippen LogP contribution in [0.3, 0.4) is 0 Å². The number of rotatable bonds is 2. The van der Waals surface area contributed by atoms with Crippen LogP contribution in [-0.4, -0.2) is 17.1 Å². The van der Waals surface area contributed by atoms with Gasteiger partial charge in [-0.3, -0.25) is 4.79 Å². The largest absolute Gasteiger partial charge is 0.508 e. The summed E-state index contributed by atoms with van der Waals surface area (Å²) in [5.74, 6) is 0.135. The fourth-order valence-corrected chi connectivity index (χ4v) is 2.44. The van der Waals surface area contributed by atoms with Gasteiger partial charge in [-0.05, 0) is 48.9 Å². The molecule has 1 atom stereocenters. The Morgan fingerprint density at radius 2 is 2.00 bits per heavy atom. The van der Waals surface area contributed by atoms with Gasteiger partial charge in [0.25, 0.3) is 5.91 Å². The lowest BCUT2D eigenvalue weighted by Crippen LogP contribution is -2.33. The van der Waals surface area contributed by atoms with Crippen LogP contribution in [0.5, 0.6) is 5.75 Å². The van der Waals surface area contributed by atoms with Gasteiger partial charge in [0.1, 0.15) is 5.75 Å². The second-order valence-corrected chi connectivity index (χ2v) is 5.62. The molecule has 0 heterocycles. The smallest absolute Gasteiger partial charge is 0.251 e. The Labute approximate surface area is 102 Å². The van der Waals surface area contributed by atoms with Crippen LogP contribution in [0.1, 0.15) is 43.5 Å². The van der Waals surface area contributed by atoms with Crippen molar-refractivity contribution < 1.29 is 9.90 Å². The Morgan fingerprint density at radius 3 is 2.53 bits per heavy atom. The average Bonchev–Trinajstić information content (AvgIpc) is 2.59. The van der Waals surface area contributed by atoms with Crippen molar-refractivity contribution in [3.05, 3.63) is 29.8 Å². The van der Waals surface area contributed by atoms with E-state index in [2.05, 4.69) is 19.2 Å². The number of phenolic OH excluding ortho intramolecular Hbond substituents is 1. The van der Waals surface area contributed by atoms with E-state index in [0.717, 1.165) is 19.3 Å². The van der Waals surface area contributed by atoms with E-state index in [4.69, 9.17) is 5.11 Å². The van der Waals surface area contributed by atoms with Gasteiger partial charge in [0, 0.05) is 11.6 Å². The molecule has 1 aromatic rings. The summed E-state index contributed by atoms with van der Waals surface area (Å²) >= 11 is 0. The van der Waals surface area contributed by atoms with E-state index in [-0.39, 0.29) is 17.7 Å². The molecular formula is C14H19NO2. The van der Waals surface area contributed by atoms with Crippen LogP contribution in [0.15, 0.2) is 24.3 Å². The van der Waals surface area contributed by atoms with Gasteiger partial charge < -0.3 is 10.4 Å². The van der Waals surface area contributed by atoms with Crippen LogP contribution < -0.4 is 5.32 Å². The van der Waals surface area contributed by atoms with Crippen molar-refractivity contribution in [2.24, 2.45) is 5.41 Å². The molecule has 0 aliphatic heterocycles. The number of hydrogen-bond acceptors (Lipinski definition) is 2. The maximum Gasteiger partial charge on any atom is 0.251 e. The number of hydrogen-bond donors (Lipinski definition) is 2. The molecule has 2 N–H and O–H groups in total. The second kappa shape index (κ2) is 4.40. The van der Waals surface area contributed by atoms with E-state index < -0.39 is 0 Å². The SMILES string of the molecule is CC1(C)CCC(NC(=O)c2ccc(O)cc2)C1. The van der Waals surface area contributed by atoms with Crippen LogP contribution in [0.2, 0.25) is 0 Å². The van der Waals surface area contributed by atoms with Gasteiger partial charge in [-0.15, -0.1) is 0 Å². The quantitative estimate of drug-likeness (QED) is 0.825. The minimum Gasteiger partial charge on any atom is -0.508 e. The molecule has 0 spiro atoms. The third-order valence-electron chi connectivity index (χ3n) is 3.43. The van der Waals surface area contributed by atoms with Gasteiger partial charge in [0.05, 0.1) is 0 Å². The average molecular weight is 233 g/mol. The first-order valence-electron chi connectivity index (χ1n) is 6.06. The summed E-state index contributed by atoms with van der Waals surface area (Å²) in [7, 11) is 0. The molecule has 92 valence electrons. The molecule has 1 fully saturated rings. The van der Waals surface area contributed by atoms with Crippen LogP contribution in [0, 0.1) is 5.41 Å². The molecule has 0 radical (unpaired) electrons. The minimum atomic E-state index is -0.0484. The maximum atomic E-state index is 11.9. The third kappa shape index (κ3) is 2.99. The Kier molecular flexibility index (Phi) is 3.09. The number of nitrogens with one attached hydrogen (secondary N) is 1. The molecule has 3 heteroatoms. The first-order valence-corrected chi connectivity index (χ1v) is 6.06. The van der Waals surface area contributed by atoms with Crippen LogP contribution in [0.4, 0.5) is 0 Å². The van der Waals surface area contributed by atoms with Crippen molar-refractivity contribution in [1.82, 2.24) is 5.32 Å². The normalized spacial score (nSPS) is 22.4. The molecule has 1 unspecified atom stereocenters. The topological polar surface area (TPSA) is 49.3 Å². The molecule has 1 saturated carbocycles. The Bertz CT molecular complexity index is 409. The first kappa shape index (κ1) is 12.0. The van der Waals surface area contributed by atoms with Gasteiger partial charge in [-0.2, -0.15) is 0 Å². The predicted octanol–water partition coefficient (Wildman–Crippen LogP) is 2.70. The Hall–Kier alpha value is -1.51. The zero-order valence-electron chi connectivity index (χ0n) is 10.4. The Morgan fingerprint density at radius 1 is 1.35 bits per heavy atom. The first-order chi connectivity index (χ1) is 7.96. The molecule has 3 nitrogen and oxygen atoms in total. The molecule has 1 aliphatic rings. The standard InChI is InChI=1S/C14H19NO2/c1-14(2)8-7-11(9-14)15-13(17)10-3-5-12(16)6-4-10/h3-6,11,16H,7-9H2,1-2H3,(H,15,17). The van der Waals surface area contributed by atoms with Gasteiger partial charge in [0.2, 0.25) is 0 Å². The van der Waals surface area contributed by atoms with E-state index in [1.807, 2.05) is 0 Å². The molecule has 2 rings (SSSR count). The van der Waals surface area contributed by atoms with Crippen molar-refractivity contribution in [2.75, 3.05) is 0 Å². The van der Waals surface area contributed by atoms with Gasteiger partial charge >= 0.3 is 0 Å². The van der Waals surface area contributed by atoms with Gasteiger partial charge in [-0.1, -0.05) is 13.8 Å². The highest BCUT2D eigenvalue weighted by molar-refractivity contribution is 5.94. The number of carbonyl (C=O) groups is 1. The van der Waals surface area contributed by atoms with Crippen LogP contribution in [-0.2, 0) is 0 Å². The van der Waals surface area contributed by atoms with Crippen molar-refractivity contribution in [2.45, 2.75) is 39.2 Å². The summed E-state index contributed by atoms with van der Waals surface area (Å²) in [6.07, 6.45) is 3.25. The summed E-state index contributed by atoms with van der Waals surface area (Å²) in [6, 6.07) is 6.64. The van der Waals surface area contributed by atoms with Crippen LogP contribution in [0.25, 0.3) is 0 Å². The zero-order valence-corrected chi connectivity index (χ0v) is 10.4. The lowest BCUT2D eigenvalue weighted by Gasteiger charge is -2.17. The predicted molar refractivity (Wildman–Crippen MR) is 67.0 cm³/mol. The van der Waals surface area contributed by atoms with Gasteiger partial charge in [0.15, 0.2) is 0 Å². The van der Waals surface area contributed by atoms with Crippen molar-refractivity contribution >= 4 is 5.91 Å². The fraction of sp³-hybridized carbons (Fsp3) is 0.500. The number of benzene rings is 1. The van der Waals surface area contributed by atoms with Gasteiger partial charge in [-0.25, -0.2) is 0 Å². The molecule has 17 heavy (non-hydrogen) atoms. The summed E-state index contributed by atoms with van der Waals surface area (Å²) < 4.78 is 0. The summed E-state index contributed by atoms with van der Waals surface area (Å²) in [5, 5.41) is 12.2. The van der Waals surface area contributed by atoms with Crippen molar-refractivity contribution in [3.8, 4) is 5.75 Å². The monoisotopic (exact) mass is 233 g/mol. The molecule has 0 saturated heterocycles. The van der Waals surface area contributed by atoms with E-state index in [9.17, 15) is 4.79 Å². The zero-order chi connectivity index (χ0) is 12.5. The molecule has 1 amide bonds. The minimum absolute atomic E-state index is 0.0484. The van der Waals surface area contributed by atoms with E-state index in [1.165, 1.54) is 12.1 Å². The number of aromatic hydroxyl groups is 1. The van der Waals surface area contributed by atoms with Crippen molar-refractivity contribution in [1.29, 1.82) is 0 Å². The second-order valence-electron chi connectivity index (χ2n) is 5.62. The highest BCUT2D eigenvalue weighted by Crippen LogP contribution is 2.36. The lowest BCUT2D eigenvalue weighted by molar-refractivity contribution is 0.0936.